The van der Waals surface area contributed by atoms with Crippen LogP contribution in [0.3, 0.4) is 0 Å². The largest absolute Gasteiger partial charge is 0.481 e. The second kappa shape index (κ2) is 12.6. The molecule has 4 N–H and O–H groups in total. The summed E-state index contributed by atoms with van der Waals surface area (Å²) in [4.78, 5) is 27.8. The third-order valence-electron chi connectivity index (χ3n) is 5.36. The van der Waals surface area contributed by atoms with Gasteiger partial charge in [0.15, 0.2) is 0 Å². The van der Waals surface area contributed by atoms with Gasteiger partial charge in [-0.1, -0.05) is 0 Å². The molecule has 38 heavy (non-hydrogen) atoms. The quantitative estimate of drug-likeness (QED) is 0.119. The van der Waals surface area contributed by atoms with Crippen LogP contribution in [0.15, 0.2) is 53.1 Å². The number of amides is 2. The fourth-order valence-corrected chi connectivity index (χ4v) is 3.91. The van der Waals surface area contributed by atoms with Crippen LogP contribution in [0, 0.1) is 5.82 Å². The topological polar surface area (TPSA) is 113 Å². The summed E-state index contributed by atoms with van der Waals surface area (Å²) in [6.45, 7) is 0.196. The zero-order chi connectivity index (χ0) is 27.9. The number of carbonyl (C=O) groups excluding carboxylic acids is 1. The number of ether oxygens (including phenoxy) is 1. The number of nitrogens with zero attached hydrogens (tertiary/aromatic N) is 1. The molecule has 0 radical (unpaired) electrons. The van der Waals surface area contributed by atoms with Gasteiger partial charge in [0.1, 0.15) is 10.4 Å². The van der Waals surface area contributed by atoms with Gasteiger partial charge in [0.2, 0.25) is 5.88 Å². The fourth-order valence-electron chi connectivity index (χ4n) is 3.51. The van der Waals surface area contributed by atoms with E-state index in [4.69, 9.17) is 9.84 Å². The van der Waals surface area contributed by atoms with E-state index in [0.29, 0.717) is 30.5 Å². The molecule has 3 aromatic rings. The Labute approximate surface area is 223 Å². The molecule has 0 saturated heterocycles. The van der Waals surface area contributed by atoms with Gasteiger partial charge in [0.05, 0.1) is 29.6 Å². The number of anilines is 3. The van der Waals surface area contributed by atoms with Crippen molar-refractivity contribution in [3.8, 4) is 5.88 Å². The zero-order valence-electron chi connectivity index (χ0n) is 20.0. The Bertz CT molecular complexity index is 1320. The summed E-state index contributed by atoms with van der Waals surface area (Å²) in [6.07, 6.45) is -4.58. The molecule has 2 aromatic carbocycles. The number of methoxy groups -OCH3 is 1. The van der Waals surface area contributed by atoms with Crippen molar-refractivity contribution in [3.63, 3.8) is 0 Å². The number of hydrogen-bond donors (Lipinski definition) is 4. The molecular weight excluding hydrogens is 576 g/mol. The van der Waals surface area contributed by atoms with Crippen molar-refractivity contribution in [2.45, 2.75) is 25.4 Å². The summed E-state index contributed by atoms with van der Waals surface area (Å²) in [5, 5.41) is 16.3. The number of nitrogens with one attached hydrogen (secondary N) is 3. The van der Waals surface area contributed by atoms with Gasteiger partial charge in [-0.3, -0.25) is 4.79 Å². The van der Waals surface area contributed by atoms with E-state index in [2.05, 4.69) is 36.9 Å². The number of alkyl halides is 3. The van der Waals surface area contributed by atoms with E-state index in [1.54, 1.807) is 0 Å². The molecule has 0 saturated carbocycles. The third kappa shape index (κ3) is 7.81. The first-order chi connectivity index (χ1) is 18.0. The van der Waals surface area contributed by atoms with Gasteiger partial charge in [0, 0.05) is 18.3 Å². The van der Waals surface area contributed by atoms with E-state index in [1.165, 1.54) is 31.4 Å². The standard InChI is InChI=1S/C25H23BrF4N4O4/c1-38-21-10-9-19(22(26)34-21)33-23(35)17-7-5-15(25(28,29)30)13-20(17)32-18-8-6-16(27)12-14(18)4-2-3-11-31-24(36)37/h5-10,12-13,31-32H,2-4,11H2,1H3,(H,33,35)(H,36,37). The van der Waals surface area contributed by atoms with E-state index in [1.807, 2.05) is 0 Å². The SMILES string of the molecule is COc1ccc(NC(=O)c2ccc(C(F)(F)F)cc2Nc2ccc(F)cc2CCCCNC(=O)O)c(Br)n1. The Morgan fingerprint density at radius 2 is 1.76 bits per heavy atom. The molecule has 1 heterocycles. The van der Waals surface area contributed by atoms with Crippen molar-refractivity contribution >= 4 is 45.0 Å². The van der Waals surface area contributed by atoms with Crippen LogP contribution in [0.2, 0.25) is 0 Å². The van der Waals surface area contributed by atoms with Gasteiger partial charge in [-0.05, 0) is 83.2 Å². The van der Waals surface area contributed by atoms with Crippen LogP contribution in [-0.4, -0.2) is 35.7 Å². The minimum atomic E-state index is -4.67. The van der Waals surface area contributed by atoms with Crippen molar-refractivity contribution in [1.82, 2.24) is 10.3 Å². The summed E-state index contributed by atoms with van der Waals surface area (Å²) in [7, 11) is 1.42. The summed E-state index contributed by atoms with van der Waals surface area (Å²) in [6, 6.07) is 9.41. The van der Waals surface area contributed by atoms with Crippen LogP contribution in [0.5, 0.6) is 5.88 Å². The molecule has 0 spiro atoms. The molecule has 8 nitrogen and oxygen atoms in total. The van der Waals surface area contributed by atoms with Crippen LogP contribution >= 0.6 is 15.9 Å². The average Bonchev–Trinajstić information content (AvgIpc) is 2.85. The highest BCUT2D eigenvalue weighted by molar-refractivity contribution is 9.10. The Kier molecular flexibility index (Phi) is 9.50. The molecule has 13 heteroatoms. The van der Waals surface area contributed by atoms with E-state index >= 15 is 0 Å². The number of rotatable bonds is 10. The van der Waals surface area contributed by atoms with E-state index in [9.17, 15) is 27.2 Å². The van der Waals surface area contributed by atoms with Crippen LogP contribution in [-0.2, 0) is 12.6 Å². The lowest BCUT2D eigenvalue weighted by Gasteiger charge is -2.18. The normalized spacial score (nSPS) is 11.1. The van der Waals surface area contributed by atoms with Crippen molar-refractivity contribution in [2.75, 3.05) is 24.3 Å². The number of halogens is 5. The molecular formula is C25H23BrF4N4O4. The fraction of sp³-hybridized carbons (Fsp3) is 0.240. The second-order valence-corrected chi connectivity index (χ2v) is 8.77. The maximum Gasteiger partial charge on any atom is 0.416 e. The smallest absolute Gasteiger partial charge is 0.416 e. The van der Waals surface area contributed by atoms with Crippen molar-refractivity contribution in [3.05, 3.63) is 75.6 Å². The zero-order valence-corrected chi connectivity index (χ0v) is 21.5. The minimum Gasteiger partial charge on any atom is -0.481 e. The Morgan fingerprint density at radius 1 is 1.03 bits per heavy atom. The first-order valence-electron chi connectivity index (χ1n) is 11.2. The monoisotopic (exact) mass is 598 g/mol. The number of aryl methyl sites for hydroxylation is 1. The third-order valence-corrected chi connectivity index (χ3v) is 5.96. The molecule has 0 aliphatic carbocycles. The highest BCUT2D eigenvalue weighted by Gasteiger charge is 2.32. The number of pyridine rings is 1. The van der Waals surface area contributed by atoms with Crippen LogP contribution in [0.4, 0.5) is 39.4 Å². The average molecular weight is 599 g/mol. The van der Waals surface area contributed by atoms with E-state index in [0.717, 1.165) is 24.3 Å². The number of carbonyl (C=O) groups is 2. The number of hydrogen-bond acceptors (Lipinski definition) is 5. The highest BCUT2D eigenvalue weighted by Crippen LogP contribution is 2.35. The van der Waals surface area contributed by atoms with E-state index < -0.39 is 29.6 Å². The first-order valence-corrected chi connectivity index (χ1v) is 12.0. The lowest BCUT2D eigenvalue weighted by molar-refractivity contribution is -0.137. The predicted molar refractivity (Wildman–Crippen MR) is 137 cm³/mol. The molecule has 0 aliphatic heterocycles. The molecule has 3 rings (SSSR count). The molecule has 0 atom stereocenters. The van der Waals surface area contributed by atoms with Gasteiger partial charge in [-0.15, -0.1) is 0 Å². The second-order valence-electron chi connectivity index (χ2n) is 8.02. The first kappa shape index (κ1) is 28.7. The Hall–Kier alpha value is -3.87. The Morgan fingerprint density at radius 3 is 2.42 bits per heavy atom. The van der Waals surface area contributed by atoms with Crippen molar-refractivity contribution in [2.24, 2.45) is 0 Å². The van der Waals surface area contributed by atoms with Gasteiger partial charge in [0.25, 0.3) is 5.91 Å². The molecule has 0 unspecified atom stereocenters. The van der Waals surface area contributed by atoms with Crippen molar-refractivity contribution in [1.29, 1.82) is 0 Å². The van der Waals surface area contributed by atoms with Gasteiger partial charge < -0.3 is 25.8 Å². The van der Waals surface area contributed by atoms with E-state index in [-0.39, 0.29) is 34.0 Å². The molecule has 1 aromatic heterocycles. The molecule has 2 amide bonds. The highest BCUT2D eigenvalue weighted by atomic mass is 79.9. The molecule has 0 aliphatic rings. The number of unbranched alkanes of at least 4 members (excludes halogenated alkanes) is 1. The minimum absolute atomic E-state index is 0.0957. The van der Waals surface area contributed by atoms with Crippen LogP contribution < -0.4 is 20.7 Å². The summed E-state index contributed by atoms with van der Waals surface area (Å²) < 4.78 is 59.7. The van der Waals surface area contributed by atoms with Crippen molar-refractivity contribution < 1.29 is 37.0 Å². The maximum absolute atomic E-state index is 14.0. The van der Waals surface area contributed by atoms with Crippen LogP contribution in [0.1, 0.15) is 34.3 Å². The lowest BCUT2D eigenvalue weighted by Crippen LogP contribution is -2.21. The number of carboxylic acid groups (broad SMARTS) is 1. The predicted octanol–water partition coefficient (Wildman–Crippen LogP) is 6.60. The van der Waals surface area contributed by atoms with Gasteiger partial charge in [-0.25, -0.2) is 14.2 Å². The van der Waals surface area contributed by atoms with Crippen LogP contribution in [0.25, 0.3) is 0 Å². The number of aromatic nitrogens is 1. The number of benzene rings is 2. The molecule has 202 valence electrons. The van der Waals surface area contributed by atoms with Gasteiger partial charge in [-0.2, -0.15) is 13.2 Å². The maximum atomic E-state index is 14.0. The molecule has 0 fully saturated rings. The lowest BCUT2D eigenvalue weighted by atomic mass is 10.0. The summed E-state index contributed by atoms with van der Waals surface area (Å²) in [5.74, 6) is -0.972. The molecule has 0 bridgehead atoms. The Balaban J connectivity index is 1.91. The summed E-state index contributed by atoms with van der Waals surface area (Å²) in [5.41, 5.74) is -0.201. The van der Waals surface area contributed by atoms with Gasteiger partial charge >= 0.3 is 12.3 Å². The summed E-state index contributed by atoms with van der Waals surface area (Å²) >= 11 is 3.22.